The third-order valence-electron chi connectivity index (χ3n) is 3.22. The number of nitrogens with zero attached hydrogens (tertiary/aromatic N) is 3. The van der Waals surface area contributed by atoms with Crippen LogP contribution in [0.1, 0.15) is 23.7 Å². The molecule has 0 aliphatic rings. The fourth-order valence-corrected chi connectivity index (χ4v) is 2.18. The lowest BCUT2D eigenvalue weighted by molar-refractivity contribution is 0.719. The molecule has 0 spiro atoms. The summed E-state index contributed by atoms with van der Waals surface area (Å²) < 4.78 is 0. The molecule has 20 heavy (non-hydrogen) atoms. The highest BCUT2D eigenvalue weighted by atomic mass is 15.1. The SMILES string of the molecule is CCNCc1cnc(C)cc1N(C)Cc1cccnc1. The minimum atomic E-state index is 0.844. The second-order valence-electron chi connectivity index (χ2n) is 4.95. The van der Waals surface area contributed by atoms with E-state index >= 15 is 0 Å². The number of aryl methyl sites for hydroxylation is 1. The van der Waals surface area contributed by atoms with Crippen molar-refractivity contribution in [2.75, 3.05) is 18.5 Å². The van der Waals surface area contributed by atoms with E-state index in [4.69, 9.17) is 0 Å². The van der Waals surface area contributed by atoms with Crippen LogP contribution in [0.5, 0.6) is 0 Å². The van der Waals surface area contributed by atoms with Gasteiger partial charge in [0.25, 0.3) is 0 Å². The summed E-state index contributed by atoms with van der Waals surface area (Å²) in [6.45, 7) is 6.78. The first kappa shape index (κ1) is 14.5. The van der Waals surface area contributed by atoms with Crippen molar-refractivity contribution < 1.29 is 0 Å². The molecular formula is C16H22N4. The molecule has 4 nitrogen and oxygen atoms in total. The van der Waals surface area contributed by atoms with Crippen molar-refractivity contribution in [1.29, 1.82) is 0 Å². The topological polar surface area (TPSA) is 41.1 Å². The van der Waals surface area contributed by atoms with Gasteiger partial charge in [0.15, 0.2) is 0 Å². The number of nitrogens with one attached hydrogen (secondary N) is 1. The standard InChI is InChI=1S/C16H22N4/c1-4-17-10-15-11-19-13(2)8-16(15)20(3)12-14-6-5-7-18-9-14/h5-9,11,17H,4,10,12H2,1-3H3. The van der Waals surface area contributed by atoms with Crippen molar-refractivity contribution in [2.45, 2.75) is 26.9 Å². The Hall–Kier alpha value is -1.94. The van der Waals surface area contributed by atoms with E-state index in [0.717, 1.165) is 25.3 Å². The summed E-state index contributed by atoms with van der Waals surface area (Å²) in [7, 11) is 2.11. The highest BCUT2D eigenvalue weighted by Crippen LogP contribution is 2.21. The van der Waals surface area contributed by atoms with Gasteiger partial charge in [-0.2, -0.15) is 0 Å². The van der Waals surface area contributed by atoms with E-state index in [0.29, 0.717) is 0 Å². The summed E-state index contributed by atoms with van der Waals surface area (Å²) in [5, 5.41) is 3.36. The van der Waals surface area contributed by atoms with Gasteiger partial charge in [-0.1, -0.05) is 13.0 Å². The molecule has 0 saturated heterocycles. The molecule has 0 aliphatic heterocycles. The van der Waals surface area contributed by atoms with Crippen molar-refractivity contribution in [3.8, 4) is 0 Å². The molecule has 0 aromatic carbocycles. The molecule has 2 aromatic rings. The van der Waals surface area contributed by atoms with Gasteiger partial charge in [-0.15, -0.1) is 0 Å². The third-order valence-corrected chi connectivity index (χ3v) is 3.22. The largest absolute Gasteiger partial charge is 0.370 e. The maximum Gasteiger partial charge on any atom is 0.0445 e. The monoisotopic (exact) mass is 270 g/mol. The quantitative estimate of drug-likeness (QED) is 0.876. The molecule has 4 heteroatoms. The molecule has 0 atom stereocenters. The van der Waals surface area contributed by atoms with E-state index in [1.54, 1.807) is 6.20 Å². The van der Waals surface area contributed by atoms with Gasteiger partial charge in [-0.25, -0.2) is 0 Å². The van der Waals surface area contributed by atoms with Crippen LogP contribution in [0.15, 0.2) is 36.8 Å². The maximum atomic E-state index is 4.40. The van der Waals surface area contributed by atoms with E-state index in [1.165, 1.54) is 16.8 Å². The number of rotatable bonds is 6. The van der Waals surface area contributed by atoms with Gasteiger partial charge in [-0.05, 0) is 31.2 Å². The molecule has 2 heterocycles. The molecule has 106 valence electrons. The molecular weight excluding hydrogens is 248 g/mol. The molecule has 0 bridgehead atoms. The summed E-state index contributed by atoms with van der Waals surface area (Å²) in [6.07, 6.45) is 5.68. The number of hydrogen-bond acceptors (Lipinski definition) is 4. The lowest BCUT2D eigenvalue weighted by Crippen LogP contribution is -2.21. The van der Waals surface area contributed by atoms with E-state index in [9.17, 15) is 0 Å². The predicted octanol–water partition coefficient (Wildman–Crippen LogP) is 2.53. The minimum absolute atomic E-state index is 0.844. The lowest BCUT2D eigenvalue weighted by atomic mass is 10.1. The Labute approximate surface area is 120 Å². The summed E-state index contributed by atoms with van der Waals surface area (Å²) >= 11 is 0. The van der Waals surface area contributed by atoms with Gasteiger partial charge < -0.3 is 10.2 Å². The van der Waals surface area contributed by atoms with Crippen LogP contribution in [0.4, 0.5) is 5.69 Å². The molecule has 0 fully saturated rings. The van der Waals surface area contributed by atoms with Crippen LogP contribution in [0, 0.1) is 6.92 Å². The smallest absolute Gasteiger partial charge is 0.0445 e. The van der Waals surface area contributed by atoms with Gasteiger partial charge in [0.2, 0.25) is 0 Å². The number of anilines is 1. The van der Waals surface area contributed by atoms with Crippen molar-refractivity contribution in [2.24, 2.45) is 0 Å². The average Bonchev–Trinajstić information content (AvgIpc) is 2.47. The zero-order chi connectivity index (χ0) is 14.4. The summed E-state index contributed by atoms with van der Waals surface area (Å²) in [4.78, 5) is 10.8. The Balaban J connectivity index is 2.19. The van der Waals surface area contributed by atoms with Gasteiger partial charge in [0.1, 0.15) is 0 Å². The first-order valence-corrected chi connectivity index (χ1v) is 6.97. The number of aromatic nitrogens is 2. The molecule has 0 radical (unpaired) electrons. The highest BCUT2D eigenvalue weighted by molar-refractivity contribution is 5.53. The van der Waals surface area contributed by atoms with Gasteiger partial charge >= 0.3 is 0 Å². The third kappa shape index (κ3) is 3.78. The molecule has 0 amide bonds. The van der Waals surface area contributed by atoms with Crippen LogP contribution >= 0.6 is 0 Å². The number of pyridine rings is 2. The van der Waals surface area contributed by atoms with E-state index < -0.39 is 0 Å². The second-order valence-corrected chi connectivity index (χ2v) is 4.95. The molecule has 0 saturated carbocycles. The molecule has 0 aliphatic carbocycles. The van der Waals surface area contributed by atoms with Crippen LogP contribution in [-0.4, -0.2) is 23.6 Å². The van der Waals surface area contributed by atoms with Crippen LogP contribution in [0.25, 0.3) is 0 Å². The minimum Gasteiger partial charge on any atom is -0.370 e. The Morgan fingerprint density at radius 1 is 1.30 bits per heavy atom. The van der Waals surface area contributed by atoms with Gasteiger partial charge in [0, 0.05) is 55.7 Å². The fraction of sp³-hybridized carbons (Fsp3) is 0.375. The van der Waals surface area contributed by atoms with Crippen molar-refractivity contribution in [1.82, 2.24) is 15.3 Å². The van der Waals surface area contributed by atoms with E-state index in [1.807, 2.05) is 25.4 Å². The zero-order valence-electron chi connectivity index (χ0n) is 12.4. The predicted molar refractivity (Wildman–Crippen MR) is 82.7 cm³/mol. The van der Waals surface area contributed by atoms with Crippen molar-refractivity contribution in [3.05, 3.63) is 53.6 Å². The molecule has 0 unspecified atom stereocenters. The Kier molecular flexibility index (Phi) is 5.07. The van der Waals surface area contributed by atoms with E-state index in [-0.39, 0.29) is 0 Å². The highest BCUT2D eigenvalue weighted by Gasteiger charge is 2.09. The normalized spacial score (nSPS) is 10.6. The first-order valence-electron chi connectivity index (χ1n) is 6.97. The molecule has 2 rings (SSSR count). The first-order chi connectivity index (χ1) is 9.70. The Bertz CT molecular complexity index is 539. The molecule has 2 aromatic heterocycles. The summed E-state index contributed by atoms with van der Waals surface area (Å²) in [5.41, 5.74) is 4.70. The van der Waals surface area contributed by atoms with Gasteiger partial charge in [0.05, 0.1) is 0 Å². The zero-order valence-corrected chi connectivity index (χ0v) is 12.4. The van der Waals surface area contributed by atoms with E-state index in [2.05, 4.69) is 46.3 Å². The molecule has 1 N–H and O–H groups in total. The average molecular weight is 270 g/mol. The fourth-order valence-electron chi connectivity index (χ4n) is 2.18. The van der Waals surface area contributed by atoms with Crippen LogP contribution in [0.3, 0.4) is 0 Å². The van der Waals surface area contributed by atoms with Crippen LogP contribution < -0.4 is 10.2 Å². The summed E-state index contributed by atoms with van der Waals surface area (Å²) in [6, 6.07) is 6.21. The maximum absolute atomic E-state index is 4.40. The Morgan fingerprint density at radius 3 is 2.85 bits per heavy atom. The Morgan fingerprint density at radius 2 is 2.15 bits per heavy atom. The summed E-state index contributed by atoms with van der Waals surface area (Å²) in [5.74, 6) is 0. The number of hydrogen-bond donors (Lipinski definition) is 1. The van der Waals surface area contributed by atoms with Crippen LogP contribution in [0.2, 0.25) is 0 Å². The van der Waals surface area contributed by atoms with Crippen molar-refractivity contribution in [3.63, 3.8) is 0 Å². The van der Waals surface area contributed by atoms with Gasteiger partial charge in [-0.3, -0.25) is 9.97 Å². The van der Waals surface area contributed by atoms with Crippen molar-refractivity contribution >= 4 is 5.69 Å². The van der Waals surface area contributed by atoms with Crippen LogP contribution in [-0.2, 0) is 13.1 Å². The lowest BCUT2D eigenvalue weighted by Gasteiger charge is -2.23. The second kappa shape index (κ2) is 7.01.